The van der Waals surface area contributed by atoms with Gasteiger partial charge in [-0.3, -0.25) is 0 Å². The molecule has 0 aliphatic heterocycles. The molecular formula is C54H38N4S. The molecule has 8 aromatic carbocycles. The van der Waals surface area contributed by atoms with Gasteiger partial charge < -0.3 is 4.57 Å². The molecule has 0 bridgehead atoms. The van der Waals surface area contributed by atoms with E-state index in [0.29, 0.717) is 17.5 Å². The summed E-state index contributed by atoms with van der Waals surface area (Å²) in [5, 5.41) is 4.97. The van der Waals surface area contributed by atoms with Gasteiger partial charge in [0.2, 0.25) is 0 Å². The Kier molecular flexibility index (Phi) is 8.31. The molecule has 3 aromatic heterocycles. The van der Waals surface area contributed by atoms with Gasteiger partial charge in [-0.15, -0.1) is 11.3 Å². The number of benzene rings is 8. The second-order valence-corrected chi connectivity index (χ2v) is 16.5. The summed E-state index contributed by atoms with van der Waals surface area (Å²) < 4.78 is 4.98. The minimum atomic E-state index is 0.616. The van der Waals surface area contributed by atoms with Gasteiger partial charge in [0.25, 0.3) is 0 Å². The lowest BCUT2D eigenvalue weighted by Gasteiger charge is -2.17. The standard InChI is InChI=1S/C54H38N4S/c1-33-28-34(2)51(35(3)29-33)40-23-25-42-41-18-10-12-20-46(41)58(48(42)31-40)47-27-24-38(39-22-26-44-43-19-11-13-21-49(43)59-50(44)32-39)30-45(47)54-56-52(36-14-6-4-7-15-36)55-53(57-54)37-16-8-5-9-17-37/h4-32H,1-3H3. The van der Waals surface area contributed by atoms with Crippen LogP contribution in [-0.2, 0) is 0 Å². The fourth-order valence-corrected chi connectivity index (χ4v) is 10.1. The minimum Gasteiger partial charge on any atom is -0.308 e. The first-order chi connectivity index (χ1) is 29.0. The maximum Gasteiger partial charge on any atom is 0.166 e. The third-order valence-corrected chi connectivity index (χ3v) is 12.7. The van der Waals surface area contributed by atoms with E-state index in [1.54, 1.807) is 0 Å². The molecule has 0 saturated carbocycles. The van der Waals surface area contributed by atoms with Gasteiger partial charge in [0, 0.05) is 47.6 Å². The molecule has 5 heteroatoms. The Balaban J connectivity index is 1.20. The van der Waals surface area contributed by atoms with Crippen LogP contribution in [-0.4, -0.2) is 19.5 Å². The van der Waals surface area contributed by atoms with Crippen molar-refractivity contribution < 1.29 is 0 Å². The number of thiophene rings is 1. The molecule has 59 heavy (non-hydrogen) atoms. The molecule has 0 amide bonds. The fraction of sp³-hybridized carbons (Fsp3) is 0.0556. The zero-order valence-electron chi connectivity index (χ0n) is 32.9. The van der Waals surface area contributed by atoms with Crippen molar-refractivity contribution in [2.24, 2.45) is 0 Å². The monoisotopic (exact) mass is 774 g/mol. The van der Waals surface area contributed by atoms with Crippen LogP contribution in [0.15, 0.2) is 176 Å². The molecule has 0 aliphatic carbocycles. The Morgan fingerprint density at radius 1 is 0.390 bits per heavy atom. The number of aromatic nitrogens is 4. The van der Waals surface area contributed by atoms with E-state index in [-0.39, 0.29) is 0 Å². The van der Waals surface area contributed by atoms with E-state index in [1.807, 2.05) is 47.7 Å². The summed E-state index contributed by atoms with van der Waals surface area (Å²) in [6.45, 7) is 6.61. The Morgan fingerprint density at radius 2 is 0.932 bits per heavy atom. The van der Waals surface area contributed by atoms with Crippen molar-refractivity contribution in [1.82, 2.24) is 19.5 Å². The van der Waals surface area contributed by atoms with Crippen LogP contribution in [0.25, 0.3) is 104 Å². The van der Waals surface area contributed by atoms with E-state index in [4.69, 9.17) is 15.0 Å². The highest BCUT2D eigenvalue weighted by Crippen LogP contribution is 2.42. The Bertz CT molecular complexity index is 3330. The average Bonchev–Trinajstić information content (AvgIpc) is 3.81. The summed E-state index contributed by atoms with van der Waals surface area (Å²) in [5.41, 5.74) is 14.6. The average molecular weight is 775 g/mol. The second kappa shape index (κ2) is 14.0. The van der Waals surface area contributed by atoms with E-state index < -0.39 is 0 Å². The lowest BCUT2D eigenvalue weighted by Crippen LogP contribution is -2.04. The number of para-hydroxylation sites is 1. The smallest absolute Gasteiger partial charge is 0.166 e. The highest BCUT2D eigenvalue weighted by atomic mass is 32.1. The summed E-state index contributed by atoms with van der Waals surface area (Å²) in [4.78, 5) is 15.7. The van der Waals surface area contributed by atoms with Crippen molar-refractivity contribution >= 4 is 53.3 Å². The summed E-state index contributed by atoms with van der Waals surface area (Å²) in [6, 6.07) is 63.0. The Morgan fingerprint density at radius 3 is 1.66 bits per heavy atom. The first-order valence-corrected chi connectivity index (χ1v) is 20.8. The number of aryl methyl sites for hydroxylation is 3. The van der Waals surface area contributed by atoms with E-state index in [0.717, 1.165) is 44.5 Å². The number of rotatable bonds is 6. The van der Waals surface area contributed by atoms with E-state index in [9.17, 15) is 0 Å². The Hall–Kier alpha value is -7.21. The lowest BCUT2D eigenvalue weighted by atomic mass is 9.93. The quantitative estimate of drug-likeness (QED) is 0.169. The molecule has 0 unspecified atom stereocenters. The summed E-state index contributed by atoms with van der Waals surface area (Å²) in [5.74, 6) is 1.88. The van der Waals surface area contributed by atoms with Crippen LogP contribution in [0.5, 0.6) is 0 Å². The van der Waals surface area contributed by atoms with Crippen molar-refractivity contribution in [3.63, 3.8) is 0 Å². The molecule has 0 radical (unpaired) electrons. The van der Waals surface area contributed by atoms with E-state index in [1.165, 1.54) is 58.8 Å². The lowest BCUT2D eigenvalue weighted by molar-refractivity contribution is 1.06. The van der Waals surface area contributed by atoms with Gasteiger partial charge in [0.05, 0.1) is 16.7 Å². The predicted molar refractivity (Wildman–Crippen MR) is 248 cm³/mol. The van der Waals surface area contributed by atoms with Crippen LogP contribution in [0, 0.1) is 20.8 Å². The molecule has 11 rings (SSSR count). The van der Waals surface area contributed by atoms with E-state index >= 15 is 0 Å². The normalized spacial score (nSPS) is 11.6. The van der Waals surface area contributed by atoms with Gasteiger partial charge in [0.15, 0.2) is 17.5 Å². The highest BCUT2D eigenvalue weighted by molar-refractivity contribution is 7.25. The number of hydrogen-bond donors (Lipinski definition) is 0. The molecular weight excluding hydrogens is 737 g/mol. The van der Waals surface area contributed by atoms with Crippen molar-refractivity contribution in [2.45, 2.75) is 20.8 Å². The number of hydrogen-bond acceptors (Lipinski definition) is 4. The van der Waals surface area contributed by atoms with Gasteiger partial charge in [-0.05, 0) is 90.6 Å². The molecule has 0 N–H and O–H groups in total. The first-order valence-electron chi connectivity index (χ1n) is 20.0. The summed E-state index contributed by atoms with van der Waals surface area (Å²) >= 11 is 1.84. The molecule has 11 aromatic rings. The van der Waals surface area contributed by atoms with Crippen LogP contribution < -0.4 is 0 Å². The highest BCUT2D eigenvalue weighted by Gasteiger charge is 2.21. The molecule has 0 atom stereocenters. The predicted octanol–water partition coefficient (Wildman–Crippen LogP) is 14.6. The number of fused-ring (bicyclic) bond motifs is 6. The maximum absolute atomic E-state index is 5.31. The van der Waals surface area contributed by atoms with Crippen LogP contribution >= 0.6 is 11.3 Å². The first kappa shape index (κ1) is 35.0. The van der Waals surface area contributed by atoms with Crippen molar-refractivity contribution in [3.05, 3.63) is 193 Å². The van der Waals surface area contributed by atoms with Crippen LogP contribution in [0.2, 0.25) is 0 Å². The third-order valence-electron chi connectivity index (χ3n) is 11.5. The fourth-order valence-electron chi connectivity index (χ4n) is 8.95. The minimum absolute atomic E-state index is 0.616. The second-order valence-electron chi connectivity index (χ2n) is 15.4. The van der Waals surface area contributed by atoms with Crippen LogP contribution in [0.4, 0.5) is 0 Å². The Labute approximate surface area is 346 Å². The topological polar surface area (TPSA) is 43.6 Å². The van der Waals surface area contributed by atoms with Crippen molar-refractivity contribution in [2.75, 3.05) is 0 Å². The third kappa shape index (κ3) is 6.01. The molecule has 3 heterocycles. The number of nitrogens with zero attached hydrogens (tertiary/aromatic N) is 4. The summed E-state index contributed by atoms with van der Waals surface area (Å²) in [6.07, 6.45) is 0. The molecule has 4 nitrogen and oxygen atoms in total. The molecule has 0 spiro atoms. The van der Waals surface area contributed by atoms with Crippen molar-refractivity contribution in [1.29, 1.82) is 0 Å². The van der Waals surface area contributed by atoms with Gasteiger partial charge in [0.1, 0.15) is 0 Å². The van der Waals surface area contributed by atoms with Gasteiger partial charge >= 0.3 is 0 Å². The van der Waals surface area contributed by atoms with Gasteiger partial charge in [-0.1, -0.05) is 145 Å². The van der Waals surface area contributed by atoms with Crippen molar-refractivity contribution in [3.8, 4) is 62.1 Å². The van der Waals surface area contributed by atoms with E-state index in [2.05, 4.69) is 165 Å². The maximum atomic E-state index is 5.31. The largest absolute Gasteiger partial charge is 0.308 e. The molecule has 0 fully saturated rings. The van der Waals surface area contributed by atoms with Crippen LogP contribution in [0.3, 0.4) is 0 Å². The van der Waals surface area contributed by atoms with Gasteiger partial charge in [-0.25, -0.2) is 15.0 Å². The molecule has 0 saturated heterocycles. The zero-order chi connectivity index (χ0) is 39.6. The molecule has 280 valence electrons. The molecule has 0 aliphatic rings. The summed E-state index contributed by atoms with van der Waals surface area (Å²) in [7, 11) is 0. The van der Waals surface area contributed by atoms with Crippen LogP contribution in [0.1, 0.15) is 16.7 Å². The zero-order valence-corrected chi connectivity index (χ0v) is 33.8. The van der Waals surface area contributed by atoms with Gasteiger partial charge in [-0.2, -0.15) is 0 Å². The SMILES string of the molecule is Cc1cc(C)c(-c2ccc3c4ccccc4n(-c4ccc(-c5ccc6c(c5)sc5ccccc56)cc4-c4nc(-c5ccccc5)nc(-c5ccccc5)n4)c3c2)c(C)c1.